The summed E-state index contributed by atoms with van der Waals surface area (Å²) in [5, 5.41) is 83.7. The Morgan fingerprint density at radius 2 is 1.92 bits per heavy atom. The van der Waals surface area contributed by atoms with Crippen molar-refractivity contribution in [3.8, 4) is 45.6 Å². The number of phenolic OH excluding ortho intramolecular Hbond substituents is 1. The highest BCUT2D eigenvalue weighted by molar-refractivity contribution is 5.81. The smallest absolute Gasteiger partial charge is 0.340 e. The van der Waals surface area contributed by atoms with Gasteiger partial charge in [0, 0.05) is 30.3 Å². The predicted molar refractivity (Wildman–Crippen MR) is 178 cm³/mol. The van der Waals surface area contributed by atoms with Gasteiger partial charge in [-0.25, -0.2) is 4.79 Å². The van der Waals surface area contributed by atoms with Crippen LogP contribution in [0.1, 0.15) is 30.1 Å². The lowest BCUT2D eigenvalue weighted by molar-refractivity contribution is -0.362. The van der Waals surface area contributed by atoms with Crippen LogP contribution >= 0.6 is 0 Å². The van der Waals surface area contributed by atoms with E-state index in [1.807, 2.05) is 0 Å². The van der Waals surface area contributed by atoms with E-state index in [1.165, 1.54) is 38.4 Å². The van der Waals surface area contributed by atoms with Crippen LogP contribution in [0.5, 0.6) is 34.5 Å². The Bertz CT molecular complexity index is 1840. The molecule has 7 rings (SSSR count). The van der Waals surface area contributed by atoms with Crippen molar-refractivity contribution in [3.05, 3.63) is 59.7 Å². The number of nitrogens with one attached hydrogen (secondary N) is 3. The van der Waals surface area contributed by atoms with Crippen molar-refractivity contribution in [1.82, 2.24) is 16.0 Å². The minimum atomic E-state index is -2.53. The maximum atomic E-state index is 12.7. The maximum Gasteiger partial charge on any atom is 0.340 e. The molecule has 3 aromatic rings. The van der Waals surface area contributed by atoms with Gasteiger partial charge in [-0.2, -0.15) is 0 Å². The van der Waals surface area contributed by atoms with Crippen LogP contribution in [-0.2, 0) is 9.53 Å². The second-order valence-electron chi connectivity index (χ2n) is 13.2. The Hall–Kier alpha value is -4.43. The summed E-state index contributed by atoms with van der Waals surface area (Å²) < 4.78 is 36.1. The number of likely N-dealkylation sites (N-methyl/N-ethyl adjacent to an activating group) is 1. The first kappa shape index (κ1) is 36.0. The first-order valence-corrected chi connectivity index (χ1v) is 16.6. The summed E-state index contributed by atoms with van der Waals surface area (Å²) in [4.78, 5) is 12.7. The van der Waals surface area contributed by atoms with Gasteiger partial charge >= 0.3 is 5.97 Å². The zero-order chi connectivity index (χ0) is 37.1. The number of piperidine rings is 1. The SMILES string of the molecule is CN[C@H]1CN[C@@]2(O)[C@@H](O)[C@H](Oc3cc4c(c(-c5cccc(O)c5)c3)[C@@H]3Oc5c(ccc(OCNC[C@H](C)O)c5OC)[C@@H]3[C@H](O)O4)O[C@]1(C(=O)O)[C@H]2O. The number of carbonyl (C=O) groups is 1. The molecule has 10 N–H and O–H groups in total. The molecule has 2 fully saturated rings. The Morgan fingerprint density at radius 3 is 2.62 bits per heavy atom. The molecule has 0 saturated carbocycles. The van der Waals surface area contributed by atoms with Crippen molar-refractivity contribution in [2.45, 2.75) is 67.2 Å². The third-order valence-electron chi connectivity index (χ3n) is 10.0. The van der Waals surface area contributed by atoms with E-state index in [2.05, 4.69) is 16.0 Å². The molecule has 17 nitrogen and oxygen atoms in total. The molecule has 4 aliphatic heterocycles. The third kappa shape index (κ3) is 5.65. The van der Waals surface area contributed by atoms with E-state index < -0.39 is 66.3 Å². The predicted octanol–water partition coefficient (Wildman–Crippen LogP) is -0.537. The van der Waals surface area contributed by atoms with E-state index >= 15 is 0 Å². The van der Waals surface area contributed by atoms with Crippen molar-refractivity contribution in [3.63, 3.8) is 0 Å². The van der Waals surface area contributed by atoms with Crippen LogP contribution < -0.4 is 39.6 Å². The highest BCUT2D eigenvalue weighted by atomic mass is 16.7. The number of methoxy groups -OCH3 is 1. The van der Waals surface area contributed by atoms with Gasteiger partial charge in [0.25, 0.3) is 0 Å². The molecule has 2 saturated heterocycles. The molecule has 10 atom stereocenters. The molecule has 0 radical (unpaired) electrons. The van der Waals surface area contributed by atoms with E-state index in [0.717, 1.165) is 0 Å². The normalized spacial score (nSPS) is 32.0. The summed E-state index contributed by atoms with van der Waals surface area (Å²) in [6.45, 7) is 1.85. The number of aliphatic carboxylic acids is 1. The average Bonchev–Trinajstić information content (AvgIpc) is 3.50. The zero-order valence-corrected chi connectivity index (χ0v) is 28.3. The number of carboxylic acids is 1. The summed E-state index contributed by atoms with van der Waals surface area (Å²) in [6.07, 6.45) is -8.81. The van der Waals surface area contributed by atoms with Gasteiger partial charge in [0.05, 0.1) is 25.2 Å². The Balaban J connectivity index is 1.28. The third-order valence-corrected chi connectivity index (χ3v) is 10.0. The number of hydrogen-bond acceptors (Lipinski definition) is 16. The summed E-state index contributed by atoms with van der Waals surface area (Å²) in [5.41, 5.74) is -3.03. The van der Waals surface area contributed by atoms with Gasteiger partial charge in [-0.1, -0.05) is 18.2 Å². The van der Waals surface area contributed by atoms with E-state index in [0.29, 0.717) is 40.3 Å². The highest BCUT2D eigenvalue weighted by Gasteiger charge is 2.71. The summed E-state index contributed by atoms with van der Waals surface area (Å²) in [7, 11) is 2.91. The molecule has 4 heterocycles. The lowest BCUT2D eigenvalue weighted by Crippen LogP contribution is -2.87. The lowest BCUT2D eigenvalue weighted by Gasteiger charge is -2.58. The summed E-state index contributed by atoms with van der Waals surface area (Å²) in [5.74, 6) is -1.42. The molecule has 2 bridgehead atoms. The first-order chi connectivity index (χ1) is 24.8. The molecule has 0 aromatic heterocycles. The number of aromatic hydroxyl groups is 1. The molecule has 17 heteroatoms. The Kier molecular flexibility index (Phi) is 9.35. The van der Waals surface area contributed by atoms with Crippen LogP contribution in [0.25, 0.3) is 11.1 Å². The van der Waals surface area contributed by atoms with Gasteiger partial charge in [0.1, 0.15) is 36.2 Å². The zero-order valence-electron chi connectivity index (χ0n) is 28.3. The largest absolute Gasteiger partial charge is 0.508 e. The van der Waals surface area contributed by atoms with Crippen LogP contribution in [0.4, 0.5) is 0 Å². The fourth-order valence-electron chi connectivity index (χ4n) is 7.49. The van der Waals surface area contributed by atoms with Gasteiger partial charge in [0.15, 0.2) is 23.3 Å². The second-order valence-corrected chi connectivity index (χ2v) is 13.2. The van der Waals surface area contributed by atoms with Crippen molar-refractivity contribution >= 4 is 5.97 Å². The van der Waals surface area contributed by atoms with E-state index in [9.17, 15) is 40.5 Å². The Morgan fingerprint density at radius 1 is 1.13 bits per heavy atom. The minimum Gasteiger partial charge on any atom is -0.508 e. The number of aliphatic hydroxyl groups excluding tert-OH is 4. The van der Waals surface area contributed by atoms with Gasteiger partial charge in [-0.05, 0) is 49.4 Å². The molecule has 0 unspecified atom stereocenters. The van der Waals surface area contributed by atoms with Crippen LogP contribution in [0.15, 0.2) is 48.5 Å². The summed E-state index contributed by atoms with van der Waals surface area (Å²) in [6, 6.07) is 11.6. The summed E-state index contributed by atoms with van der Waals surface area (Å²) >= 11 is 0. The number of rotatable bonds is 11. The molecular weight excluding hydrogens is 686 g/mol. The number of fused-ring (bicyclic) bond motifs is 7. The van der Waals surface area contributed by atoms with Crippen molar-refractivity contribution in [1.29, 1.82) is 0 Å². The van der Waals surface area contributed by atoms with E-state index in [4.69, 9.17) is 28.4 Å². The van der Waals surface area contributed by atoms with Gasteiger partial charge in [-0.3, -0.25) is 10.6 Å². The number of phenols is 1. The number of ether oxygens (including phenoxy) is 6. The first-order valence-electron chi connectivity index (χ1n) is 16.6. The van der Waals surface area contributed by atoms with Gasteiger partial charge in [-0.15, -0.1) is 0 Å². The molecule has 0 aliphatic carbocycles. The molecular formula is C35H41N3O14. The fraction of sp³-hybridized carbons (Fsp3) is 0.457. The van der Waals surface area contributed by atoms with E-state index in [-0.39, 0.29) is 36.3 Å². The monoisotopic (exact) mass is 727 g/mol. The van der Waals surface area contributed by atoms with Crippen molar-refractivity contribution in [2.24, 2.45) is 0 Å². The molecule has 280 valence electrons. The topological polar surface area (TPSA) is 250 Å². The molecule has 0 spiro atoms. The number of aliphatic hydroxyl groups is 5. The molecule has 0 amide bonds. The lowest BCUT2D eigenvalue weighted by atomic mass is 9.74. The number of benzene rings is 3. The molecule has 3 aromatic carbocycles. The quantitative estimate of drug-likeness (QED) is 0.0880. The van der Waals surface area contributed by atoms with Crippen molar-refractivity contribution in [2.75, 3.05) is 34.0 Å². The average molecular weight is 728 g/mol. The van der Waals surface area contributed by atoms with Gasteiger partial charge in [0.2, 0.25) is 23.9 Å². The highest BCUT2D eigenvalue weighted by Crippen LogP contribution is 2.59. The van der Waals surface area contributed by atoms with Crippen LogP contribution in [0, 0.1) is 0 Å². The standard InChI is InChI=1S/C35H41N3O14/c1-15(39)12-37-14-48-21-8-7-19-25-28(51-26(19)27(21)47-3)24-20(16-5-4-6-17(40)9-16)10-18(11-22(24)50-30(25)42)49-31-29(41)35(46)32(43)34(52-31,33(44)45)23(36-2)13-38-35/h4-11,15,23,25,28-32,36-43,46H,12-14H2,1-3H3,(H,44,45)/t15-,23-,25-,28-,29-,30+,31+,32+,34-,35+/m0/s1. The second kappa shape index (κ2) is 13.5. The van der Waals surface area contributed by atoms with Crippen molar-refractivity contribution < 1.29 is 69.0 Å². The maximum absolute atomic E-state index is 12.7. The van der Waals surface area contributed by atoms with Crippen LogP contribution in [0.2, 0.25) is 0 Å². The van der Waals surface area contributed by atoms with Crippen LogP contribution in [-0.4, -0.2) is 124 Å². The Labute approximate surface area is 297 Å². The van der Waals surface area contributed by atoms with Gasteiger partial charge < -0.3 is 69.5 Å². The minimum absolute atomic E-state index is 0.0418. The number of carboxylic acid groups (broad SMARTS) is 1. The fourth-order valence-corrected chi connectivity index (χ4v) is 7.49. The molecule has 4 aliphatic rings. The number of hydrogen-bond donors (Lipinski definition) is 10. The van der Waals surface area contributed by atoms with Crippen LogP contribution in [0.3, 0.4) is 0 Å². The molecule has 52 heavy (non-hydrogen) atoms. The van der Waals surface area contributed by atoms with E-state index in [1.54, 1.807) is 31.2 Å².